The van der Waals surface area contributed by atoms with Gasteiger partial charge in [-0.2, -0.15) is 0 Å². The Morgan fingerprint density at radius 3 is 0.911 bits per heavy atom. The fourth-order valence-electron chi connectivity index (χ4n) is 6.71. The van der Waals surface area contributed by atoms with Crippen molar-refractivity contribution < 1.29 is 13.7 Å². The summed E-state index contributed by atoms with van der Waals surface area (Å²) >= 11 is 0. The molecule has 7 aromatic carbocycles. The zero-order chi connectivity index (χ0) is 39.2. The molecule has 0 aliphatic carbocycles. The smallest absolute Gasteiger partial charge is 0.0623 e. The highest BCUT2D eigenvalue weighted by Crippen LogP contribution is 2.14. The van der Waals surface area contributed by atoms with Crippen molar-refractivity contribution in [3.63, 3.8) is 0 Å². The Kier molecular flexibility index (Phi) is 5.40. The third-order valence-corrected chi connectivity index (χ3v) is 17.6. The average Bonchev–Trinajstić information content (AvgIpc) is 3.22. The van der Waals surface area contributed by atoms with Gasteiger partial charge >= 0.3 is 0 Å². The van der Waals surface area contributed by atoms with E-state index in [-0.39, 0.29) is 34.5 Å². The van der Waals surface area contributed by atoms with E-state index in [2.05, 4.69) is 0 Å². The molecule has 0 saturated carbocycles. The monoisotopic (exact) mass is 618 g/mol. The van der Waals surface area contributed by atoms with Crippen LogP contribution in [-0.2, 0) is 0 Å². The van der Waals surface area contributed by atoms with E-state index in [0.29, 0.717) is 0 Å². The van der Waals surface area contributed by atoms with E-state index >= 15 is 0 Å². The SMILES string of the molecule is [2H]c1c([2H])c([2H])c([Si](c2ccccc2)(c2ccccc2)c2cc(C)cc([Si](c3ccccc3)(c3ccccc3)c3c([2H])c([2H])c([2H])c([2H])c3[2H])c2)c([2H])c1[2H]. The minimum Gasteiger partial charge on any atom is -0.0623 e. The molecule has 0 aliphatic rings. The second kappa shape index (κ2) is 12.5. The molecule has 2 heteroatoms. The zero-order valence-electron chi connectivity index (χ0n) is 34.8. The highest BCUT2D eigenvalue weighted by molar-refractivity contribution is 7.22. The Labute approximate surface area is 283 Å². The Bertz CT molecular complexity index is 2240. The fraction of sp³-hybridized carbons (Fsp3) is 0.0233. The topological polar surface area (TPSA) is 0 Å². The van der Waals surface area contributed by atoms with Crippen LogP contribution >= 0.6 is 0 Å². The van der Waals surface area contributed by atoms with Crippen molar-refractivity contribution in [3.8, 4) is 0 Å². The van der Waals surface area contributed by atoms with Gasteiger partial charge in [0, 0.05) is 0 Å². The molecule has 0 atom stereocenters. The summed E-state index contributed by atoms with van der Waals surface area (Å²) in [6, 6.07) is 40.6. The highest BCUT2D eigenvalue weighted by atomic mass is 28.3. The van der Waals surface area contributed by atoms with E-state index in [1.54, 1.807) is 0 Å². The predicted octanol–water partition coefficient (Wildman–Crippen LogP) is 4.75. The molecule has 0 heterocycles. The Hall–Kier alpha value is -5.03. The summed E-state index contributed by atoms with van der Waals surface area (Å²) in [6.07, 6.45) is 0. The number of aryl methyl sites for hydroxylation is 1. The first-order valence-corrected chi connectivity index (χ1v) is 18.9. The summed E-state index contributed by atoms with van der Waals surface area (Å²) in [5.41, 5.74) is 0.805. The lowest BCUT2D eigenvalue weighted by atomic mass is 10.2. The summed E-state index contributed by atoms with van der Waals surface area (Å²) in [5.74, 6) is 0. The second-order valence-electron chi connectivity index (χ2n) is 11.1. The van der Waals surface area contributed by atoms with Gasteiger partial charge in [0.2, 0.25) is 0 Å². The number of hydrogen-bond acceptors (Lipinski definition) is 0. The molecule has 45 heavy (non-hydrogen) atoms. The lowest BCUT2D eigenvalue weighted by molar-refractivity contribution is 1.50. The molecule has 0 nitrogen and oxygen atoms in total. The first-order chi connectivity index (χ1) is 26.4. The van der Waals surface area contributed by atoms with E-state index < -0.39 is 52.4 Å². The molecular weight excluding hydrogens is 573 g/mol. The van der Waals surface area contributed by atoms with Crippen LogP contribution in [0.25, 0.3) is 0 Å². The number of benzene rings is 7. The molecule has 0 unspecified atom stereocenters. The summed E-state index contributed by atoms with van der Waals surface area (Å²) < 4.78 is 90.3. The van der Waals surface area contributed by atoms with Crippen molar-refractivity contribution >= 4 is 57.6 Å². The number of hydrogen-bond donors (Lipinski definition) is 0. The van der Waals surface area contributed by atoms with E-state index in [4.69, 9.17) is 8.22 Å². The maximum Gasteiger partial charge on any atom is 0.179 e. The summed E-state index contributed by atoms with van der Waals surface area (Å²) in [5, 5.41) is 5.07. The second-order valence-corrected chi connectivity index (χ2v) is 18.5. The van der Waals surface area contributed by atoms with Gasteiger partial charge in [-0.1, -0.05) is 206 Å². The largest absolute Gasteiger partial charge is 0.179 e. The Morgan fingerprint density at radius 1 is 0.333 bits per heavy atom. The van der Waals surface area contributed by atoms with Gasteiger partial charge in [0.25, 0.3) is 0 Å². The molecule has 216 valence electrons. The minimum absolute atomic E-state index is 0.210. The normalized spacial score (nSPS) is 14.8. The maximum atomic E-state index is 9.46. The van der Waals surface area contributed by atoms with Gasteiger partial charge in [0.15, 0.2) is 16.1 Å². The van der Waals surface area contributed by atoms with Gasteiger partial charge in [-0.05, 0) is 48.4 Å². The molecule has 0 aromatic heterocycles. The summed E-state index contributed by atoms with van der Waals surface area (Å²) in [4.78, 5) is 0. The molecule has 0 N–H and O–H groups in total. The molecule has 0 amide bonds. The van der Waals surface area contributed by atoms with E-state index in [1.165, 1.54) is 0 Å². The van der Waals surface area contributed by atoms with Crippen molar-refractivity contribution in [1.29, 1.82) is 0 Å². The van der Waals surface area contributed by atoms with Crippen LogP contribution in [0.4, 0.5) is 0 Å². The van der Waals surface area contributed by atoms with Crippen molar-refractivity contribution in [2.45, 2.75) is 6.92 Å². The first kappa shape index (κ1) is 19.4. The molecule has 7 aromatic rings. The van der Waals surface area contributed by atoms with Gasteiger partial charge in [-0.3, -0.25) is 0 Å². The van der Waals surface area contributed by atoms with Gasteiger partial charge in [0.05, 0.1) is 13.7 Å². The lowest BCUT2D eigenvalue weighted by Gasteiger charge is -2.38. The van der Waals surface area contributed by atoms with Crippen molar-refractivity contribution in [1.82, 2.24) is 0 Å². The molecule has 0 fully saturated rings. The van der Waals surface area contributed by atoms with Crippen LogP contribution in [0.3, 0.4) is 0 Å². The van der Waals surface area contributed by atoms with Crippen LogP contribution in [0.15, 0.2) is 200 Å². The molecular formula is C43H36Si2. The van der Waals surface area contributed by atoms with Crippen LogP contribution in [0.1, 0.15) is 19.3 Å². The molecule has 0 aliphatic heterocycles. The molecule has 0 spiro atoms. The average molecular weight is 619 g/mol. The van der Waals surface area contributed by atoms with Gasteiger partial charge in [-0.15, -0.1) is 0 Å². The lowest BCUT2D eigenvalue weighted by Crippen LogP contribution is -2.78. The Balaban J connectivity index is 1.76. The van der Waals surface area contributed by atoms with Crippen LogP contribution < -0.4 is 41.5 Å². The third kappa shape index (κ3) is 5.02. The first-order valence-electron chi connectivity index (χ1n) is 19.9. The quantitative estimate of drug-likeness (QED) is 0.170. The van der Waals surface area contributed by atoms with Crippen LogP contribution in [-0.4, -0.2) is 16.1 Å². The van der Waals surface area contributed by atoms with Crippen molar-refractivity contribution in [2.75, 3.05) is 0 Å². The molecule has 0 radical (unpaired) electrons. The predicted molar refractivity (Wildman–Crippen MR) is 198 cm³/mol. The minimum atomic E-state index is -3.85. The van der Waals surface area contributed by atoms with E-state index in [1.807, 2.05) is 146 Å². The third-order valence-electron chi connectivity index (χ3n) is 8.52. The molecule has 0 bridgehead atoms. The molecule has 7 rings (SSSR count). The highest BCUT2D eigenvalue weighted by Gasteiger charge is 2.45. The van der Waals surface area contributed by atoms with Crippen LogP contribution in [0.5, 0.6) is 0 Å². The zero-order valence-corrected chi connectivity index (χ0v) is 26.8. The van der Waals surface area contributed by atoms with Gasteiger partial charge in [0.1, 0.15) is 0 Å². The summed E-state index contributed by atoms with van der Waals surface area (Å²) in [7, 11) is -7.70. The maximum absolute atomic E-state index is 9.46. The van der Waals surface area contributed by atoms with Crippen LogP contribution in [0.2, 0.25) is 0 Å². The van der Waals surface area contributed by atoms with E-state index in [0.717, 1.165) is 36.7 Å². The Morgan fingerprint density at radius 2 is 0.622 bits per heavy atom. The fourth-order valence-corrected chi connectivity index (χ4v) is 16.0. The van der Waals surface area contributed by atoms with Crippen molar-refractivity contribution in [2.24, 2.45) is 0 Å². The van der Waals surface area contributed by atoms with Gasteiger partial charge in [-0.25, -0.2) is 0 Å². The standard InChI is InChI=1S/C43H36Si2/c1-35-32-42(44(36-20-8-2-9-21-36,37-22-10-3-11-23-37)38-24-12-4-13-25-38)34-43(33-35)45(39-26-14-5-15-27-39,40-28-16-6-17-29-40)41-30-18-7-19-31-41/h2-34H,1H3/i2D,5D,8D,9D,14D,15D,20D,21D,26D,27D. The van der Waals surface area contributed by atoms with Gasteiger partial charge < -0.3 is 0 Å². The molecule has 0 saturated heterocycles. The summed E-state index contributed by atoms with van der Waals surface area (Å²) in [6.45, 7) is 1.95. The number of rotatable bonds is 8. The van der Waals surface area contributed by atoms with Crippen molar-refractivity contribution in [3.05, 3.63) is 206 Å². The van der Waals surface area contributed by atoms with Crippen LogP contribution in [0, 0.1) is 6.92 Å². The van der Waals surface area contributed by atoms with E-state index in [9.17, 15) is 5.48 Å².